The number of hydrazine groups is 1. The van der Waals surface area contributed by atoms with Crippen molar-refractivity contribution in [2.24, 2.45) is 16.5 Å². The maximum atomic E-state index is 13.0. The summed E-state index contributed by atoms with van der Waals surface area (Å²) in [5.41, 5.74) is 14.4. The molecule has 0 aliphatic carbocycles. The van der Waals surface area contributed by atoms with Crippen LogP contribution in [0.3, 0.4) is 0 Å². The smallest absolute Gasteiger partial charge is 0.426 e. The molecule has 2 aromatic carbocycles. The lowest BCUT2D eigenvalue weighted by atomic mass is 10.1. The molecule has 0 aliphatic rings. The second kappa shape index (κ2) is 14.2. The van der Waals surface area contributed by atoms with Crippen LogP contribution in [0.4, 0.5) is 4.79 Å². The first-order valence-corrected chi connectivity index (χ1v) is 11.1. The molecule has 35 heavy (non-hydrogen) atoms. The quantitative estimate of drug-likeness (QED) is 0.128. The third-order valence-electron chi connectivity index (χ3n) is 5.02. The number of aryl methyl sites for hydroxylation is 1. The van der Waals surface area contributed by atoms with Gasteiger partial charge >= 0.3 is 12.1 Å². The minimum absolute atomic E-state index is 0.0282. The van der Waals surface area contributed by atoms with E-state index in [1.54, 1.807) is 30.3 Å². The van der Waals surface area contributed by atoms with Gasteiger partial charge < -0.3 is 26.4 Å². The molecule has 2 atom stereocenters. The number of rotatable bonds is 12. The number of amides is 2. The number of hydrogen-bond donors (Lipinski definition) is 5. The summed E-state index contributed by atoms with van der Waals surface area (Å²) in [6.45, 7) is 0.0383. The Morgan fingerprint density at radius 1 is 0.971 bits per heavy atom. The average molecular weight is 486 g/mol. The summed E-state index contributed by atoms with van der Waals surface area (Å²) in [6.07, 6.45) is -2.05. The van der Waals surface area contributed by atoms with Gasteiger partial charge in [-0.3, -0.25) is 9.79 Å². The fourth-order valence-electron chi connectivity index (χ4n) is 3.23. The first-order valence-electron chi connectivity index (χ1n) is 11.1. The summed E-state index contributed by atoms with van der Waals surface area (Å²) in [7, 11) is 0. The number of hydrogen-bond acceptors (Lipinski definition) is 6. The largest absolute Gasteiger partial charge is 0.480 e. The van der Waals surface area contributed by atoms with Crippen molar-refractivity contribution in [2.45, 2.75) is 44.4 Å². The molecule has 0 saturated carbocycles. The van der Waals surface area contributed by atoms with Crippen molar-refractivity contribution in [3.63, 3.8) is 0 Å². The third-order valence-corrected chi connectivity index (χ3v) is 5.02. The van der Waals surface area contributed by atoms with Crippen LogP contribution >= 0.6 is 0 Å². The minimum atomic E-state index is -1.55. The number of aliphatic carboxylic acids is 1. The number of guanidine groups is 1. The Morgan fingerprint density at radius 2 is 1.57 bits per heavy atom. The monoisotopic (exact) mass is 485 g/mol. The fourth-order valence-corrected chi connectivity index (χ4v) is 3.23. The third kappa shape index (κ3) is 9.72. The number of carboxylic acids is 1. The van der Waals surface area contributed by atoms with Gasteiger partial charge in [0.25, 0.3) is 5.91 Å². The van der Waals surface area contributed by atoms with E-state index in [0.29, 0.717) is 17.0 Å². The molecule has 2 rings (SSSR count). The molecule has 2 amide bonds. The molecule has 0 spiro atoms. The number of carboxylic acid groups (broad SMARTS) is 1. The van der Waals surface area contributed by atoms with E-state index in [1.165, 1.54) is 0 Å². The van der Waals surface area contributed by atoms with Crippen molar-refractivity contribution < 1.29 is 29.3 Å². The van der Waals surface area contributed by atoms with Gasteiger partial charge in [0.15, 0.2) is 12.0 Å². The molecule has 0 bridgehead atoms. The molecular formula is C24H31N5O6. The van der Waals surface area contributed by atoms with Gasteiger partial charge in [0.05, 0.1) is 0 Å². The van der Waals surface area contributed by atoms with E-state index in [9.17, 15) is 24.6 Å². The van der Waals surface area contributed by atoms with Crippen molar-refractivity contribution in [3.8, 4) is 0 Å². The highest BCUT2D eigenvalue weighted by atomic mass is 16.6. The Kier molecular flexibility index (Phi) is 11.0. The molecule has 0 fully saturated rings. The highest BCUT2D eigenvalue weighted by Crippen LogP contribution is 2.13. The summed E-state index contributed by atoms with van der Waals surface area (Å²) in [4.78, 5) is 41.2. The van der Waals surface area contributed by atoms with E-state index in [-0.39, 0.29) is 38.4 Å². The van der Waals surface area contributed by atoms with Crippen LogP contribution in [-0.2, 0) is 27.4 Å². The molecule has 0 aromatic heterocycles. The predicted molar refractivity (Wildman–Crippen MR) is 129 cm³/mol. The highest BCUT2D eigenvalue weighted by molar-refractivity contribution is 5.87. The molecular weight excluding hydrogens is 454 g/mol. The molecule has 0 radical (unpaired) electrons. The van der Waals surface area contributed by atoms with Crippen LogP contribution in [0.5, 0.6) is 0 Å². The maximum Gasteiger partial charge on any atom is 0.426 e. The van der Waals surface area contributed by atoms with Crippen molar-refractivity contribution in [1.82, 2.24) is 10.4 Å². The van der Waals surface area contributed by atoms with Gasteiger partial charge in [0.1, 0.15) is 12.7 Å². The molecule has 7 N–H and O–H groups in total. The summed E-state index contributed by atoms with van der Waals surface area (Å²) in [5, 5.41) is 20.9. The predicted octanol–water partition coefficient (Wildman–Crippen LogP) is 1.16. The van der Waals surface area contributed by atoms with Crippen LogP contribution in [0.1, 0.15) is 30.4 Å². The van der Waals surface area contributed by atoms with Crippen LogP contribution in [0, 0.1) is 0 Å². The molecule has 0 heterocycles. The number of nitrogens with two attached hydrogens (primary N) is 2. The summed E-state index contributed by atoms with van der Waals surface area (Å²) >= 11 is 0. The lowest BCUT2D eigenvalue weighted by Crippen LogP contribution is -2.57. The SMILES string of the molecule is NC(N)=NCCC[C@@H](C(=O)O)N(NC(=O)OCc1ccccc1)C(=O)[C@@H](O)CCc1ccccc1. The molecule has 0 saturated heterocycles. The Labute approximate surface area is 203 Å². The van der Waals surface area contributed by atoms with E-state index in [2.05, 4.69) is 10.4 Å². The Bertz CT molecular complexity index is 982. The number of aliphatic hydroxyl groups excluding tert-OH is 1. The van der Waals surface area contributed by atoms with E-state index >= 15 is 0 Å². The molecule has 11 heteroatoms. The van der Waals surface area contributed by atoms with E-state index in [0.717, 1.165) is 5.56 Å². The molecule has 0 unspecified atom stereocenters. The number of aliphatic hydroxyl groups is 1. The van der Waals surface area contributed by atoms with E-state index in [4.69, 9.17) is 16.2 Å². The number of carbonyl (C=O) groups is 3. The Hall–Kier alpha value is -4.12. The van der Waals surface area contributed by atoms with Crippen molar-refractivity contribution in [2.75, 3.05) is 6.54 Å². The second-order valence-corrected chi connectivity index (χ2v) is 7.72. The summed E-state index contributed by atoms with van der Waals surface area (Å²) < 4.78 is 5.13. The number of nitrogens with one attached hydrogen (secondary N) is 1. The molecule has 188 valence electrons. The first-order chi connectivity index (χ1) is 16.8. The Morgan fingerprint density at radius 3 is 2.14 bits per heavy atom. The lowest BCUT2D eigenvalue weighted by molar-refractivity contribution is -0.157. The van der Waals surface area contributed by atoms with Crippen LogP contribution < -0.4 is 16.9 Å². The molecule has 2 aromatic rings. The summed E-state index contributed by atoms with van der Waals surface area (Å²) in [5.74, 6) is -2.49. The van der Waals surface area contributed by atoms with Gasteiger partial charge in [-0.1, -0.05) is 60.7 Å². The Balaban J connectivity index is 2.11. The van der Waals surface area contributed by atoms with Crippen molar-refractivity contribution in [1.29, 1.82) is 0 Å². The average Bonchev–Trinajstić information content (AvgIpc) is 2.85. The number of benzene rings is 2. The number of nitrogens with zero attached hydrogens (tertiary/aromatic N) is 2. The number of aliphatic imine (C=N–C) groups is 1. The van der Waals surface area contributed by atoms with Gasteiger partial charge in [-0.05, 0) is 36.8 Å². The maximum absolute atomic E-state index is 13.0. The van der Waals surface area contributed by atoms with Gasteiger partial charge in [0, 0.05) is 6.54 Å². The van der Waals surface area contributed by atoms with Gasteiger partial charge in [-0.15, -0.1) is 0 Å². The molecule has 11 nitrogen and oxygen atoms in total. The van der Waals surface area contributed by atoms with Gasteiger partial charge in [-0.2, -0.15) is 0 Å². The van der Waals surface area contributed by atoms with Crippen molar-refractivity contribution in [3.05, 3.63) is 71.8 Å². The van der Waals surface area contributed by atoms with E-state index < -0.39 is 30.1 Å². The zero-order chi connectivity index (χ0) is 25.6. The van der Waals surface area contributed by atoms with Crippen LogP contribution in [-0.4, -0.2) is 57.8 Å². The van der Waals surface area contributed by atoms with Crippen LogP contribution in [0.25, 0.3) is 0 Å². The first kappa shape index (κ1) is 27.1. The minimum Gasteiger partial charge on any atom is -0.480 e. The second-order valence-electron chi connectivity index (χ2n) is 7.72. The van der Waals surface area contributed by atoms with E-state index in [1.807, 2.05) is 30.3 Å². The highest BCUT2D eigenvalue weighted by Gasteiger charge is 2.34. The molecule has 0 aliphatic heterocycles. The van der Waals surface area contributed by atoms with Gasteiger partial charge in [0.2, 0.25) is 0 Å². The zero-order valence-electron chi connectivity index (χ0n) is 19.2. The zero-order valence-corrected chi connectivity index (χ0v) is 19.2. The van der Waals surface area contributed by atoms with Crippen LogP contribution in [0.2, 0.25) is 0 Å². The standard InChI is InChI=1S/C24H31N5O6/c25-23(26)27-15-7-12-19(22(32)33)29(28-24(34)35-16-18-10-5-2-6-11-18)21(31)20(30)14-13-17-8-3-1-4-9-17/h1-6,8-11,19-20,30H,7,12-16H2,(H,28,34)(H,32,33)(H4,25,26,27)/t19-,20-/m0/s1. The normalized spacial score (nSPS) is 12.1. The van der Waals surface area contributed by atoms with Crippen molar-refractivity contribution >= 4 is 23.9 Å². The number of carbonyl (C=O) groups excluding carboxylic acids is 2. The topological polar surface area (TPSA) is 181 Å². The fraction of sp³-hybridized carbons (Fsp3) is 0.333. The van der Waals surface area contributed by atoms with Crippen LogP contribution in [0.15, 0.2) is 65.7 Å². The summed E-state index contributed by atoms with van der Waals surface area (Å²) in [6, 6.07) is 16.6. The van der Waals surface area contributed by atoms with Gasteiger partial charge in [-0.25, -0.2) is 20.0 Å². The number of ether oxygens (including phenoxy) is 1. The lowest BCUT2D eigenvalue weighted by Gasteiger charge is -2.30.